The van der Waals surface area contributed by atoms with Crippen molar-refractivity contribution in [3.05, 3.63) is 0 Å². The number of rotatable bonds is 1. The summed E-state index contributed by atoms with van der Waals surface area (Å²) in [7, 11) is 0. The van der Waals surface area contributed by atoms with Gasteiger partial charge in [-0.15, -0.1) is 0 Å². The summed E-state index contributed by atoms with van der Waals surface area (Å²) >= 11 is 0. The molecule has 0 aromatic heterocycles. The first-order valence-electron chi connectivity index (χ1n) is 2.86. The molecule has 0 saturated carbocycles. The summed E-state index contributed by atoms with van der Waals surface area (Å²) in [5.74, 6) is -1.18. The van der Waals surface area contributed by atoms with Crippen LogP contribution in [-0.4, -0.2) is 28.5 Å². The second-order valence-corrected chi connectivity index (χ2v) is 2.20. The van der Waals surface area contributed by atoms with Crippen LogP contribution >= 0.6 is 0 Å². The van der Waals surface area contributed by atoms with Gasteiger partial charge in [-0.25, -0.2) is 4.79 Å². The van der Waals surface area contributed by atoms with Gasteiger partial charge in [0.2, 0.25) is 5.72 Å². The maximum absolute atomic E-state index is 10.2. The molecule has 0 amide bonds. The number of aliphatic carboxylic acids is 1. The molecule has 6 heteroatoms. The van der Waals surface area contributed by atoms with E-state index in [1.54, 1.807) is 0 Å². The molecule has 1 heterocycles. The summed E-state index contributed by atoms with van der Waals surface area (Å²) in [6, 6.07) is 0. The Morgan fingerprint density at radius 3 is 2.27 bits per heavy atom. The summed E-state index contributed by atoms with van der Waals surface area (Å²) < 4.78 is 0. The van der Waals surface area contributed by atoms with Gasteiger partial charge < -0.3 is 34.2 Å². The van der Waals surface area contributed by atoms with Crippen LogP contribution in [0.25, 0.3) is 0 Å². The zero-order chi connectivity index (χ0) is 6.91. The first kappa shape index (κ1) is 14.2. The fraction of sp³-hybridized carbons (Fsp3) is 0.800. The SMILES string of the molecule is O=C(O)[C@]1(O)CCCN1.[Cu+].[I-]. The zero-order valence-corrected chi connectivity index (χ0v) is 8.70. The molecule has 1 aliphatic rings. The second-order valence-electron chi connectivity index (χ2n) is 2.20. The first-order valence-corrected chi connectivity index (χ1v) is 2.86. The van der Waals surface area contributed by atoms with Gasteiger partial charge in [-0.05, 0) is 13.0 Å². The molecule has 1 saturated heterocycles. The Labute approximate surface area is 92.2 Å². The van der Waals surface area contributed by atoms with Crippen molar-refractivity contribution >= 4 is 5.97 Å². The number of aliphatic hydroxyl groups is 1. The molecular weight excluding hydrogens is 313 g/mol. The van der Waals surface area contributed by atoms with Crippen LogP contribution in [0, 0.1) is 0 Å². The van der Waals surface area contributed by atoms with Crippen LogP contribution in [0.1, 0.15) is 12.8 Å². The van der Waals surface area contributed by atoms with Gasteiger partial charge in [0.15, 0.2) is 0 Å². The molecule has 0 bridgehead atoms. The van der Waals surface area contributed by atoms with Crippen LogP contribution in [0.15, 0.2) is 0 Å². The van der Waals surface area contributed by atoms with Crippen LogP contribution in [0.2, 0.25) is 0 Å². The summed E-state index contributed by atoms with van der Waals surface area (Å²) in [5, 5.41) is 19.9. The molecule has 0 unspecified atom stereocenters. The number of halogens is 1. The molecule has 0 aliphatic carbocycles. The van der Waals surface area contributed by atoms with Crippen molar-refractivity contribution in [1.29, 1.82) is 0 Å². The Balaban J connectivity index is 0. The molecule has 0 aromatic carbocycles. The van der Waals surface area contributed by atoms with Gasteiger partial charge in [-0.1, -0.05) is 0 Å². The van der Waals surface area contributed by atoms with E-state index in [4.69, 9.17) is 10.2 Å². The van der Waals surface area contributed by atoms with Gasteiger partial charge in [0.1, 0.15) is 0 Å². The number of carboxylic acids is 1. The van der Waals surface area contributed by atoms with E-state index in [0.29, 0.717) is 13.0 Å². The Morgan fingerprint density at radius 1 is 1.55 bits per heavy atom. The van der Waals surface area contributed by atoms with E-state index < -0.39 is 11.7 Å². The summed E-state index contributed by atoms with van der Waals surface area (Å²) in [5.41, 5.74) is -1.64. The van der Waals surface area contributed by atoms with E-state index in [2.05, 4.69) is 5.32 Å². The van der Waals surface area contributed by atoms with Crippen LogP contribution in [0.5, 0.6) is 0 Å². The maximum Gasteiger partial charge on any atom is 1.00 e. The van der Waals surface area contributed by atoms with Crippen molar-refractivity contribution in [1.82, 2.24) is 5.32 Å². The third-order valence-electron chi connectivity index (χ3n) is 1.49. The van der Waals surface area contributed by atoms with Gasteiger partial charge in [0.05, 0.1) is 0 Å². The molecule has 1 atom stereocenters. The van der Waals surface area contributed by atoms with Gasteiger partial charge in [0.25, 0.3) is 0 Å². The third-order valence-corrected chi connectivity index (χ3v) is 1.49. The molecule has 70 valence electrons. The molecule has 4 nitrogen and oxygen atoms in total. The number of carbonyl (C=O) groups is 1. The van der Waals surface area contributed by atoms with Crippen LogP contribution in [-0.2, 0) is 21.9 Å². The quantitative estimate of drug-likeness (QED) is 0.342. The van der Waals surface area contributed by atoms with Crippen molar-refractivity contribution in [2.75, 3.05) is 6.54 Å². The topological polar surface area (TPSA) is 69.6 Å². The Bertz CT molecular complexity index is 138. The zero-order valence-electron chi connectivity index (χ0n) is 5.60. The summed E-state index contributed by atoms with van der Waals surface area (Å²) in [4.78, 5) is 10.2. The average molecular weight is 322 g/mol. The average Bonchev–Trinajstić information content (AvgIpc) is 2.16. The molecule has 0 radical (unpaired) electrons. The summed E-state index contributed by atoms with van der Waals surface area (Å²) in [6.07, 6.45) is 1.03. The van der Waals surface area contributed by atoms with E-state index in [0.717, 1.165) is 6.42 Å². The molecule has 1 rings (SSSR count). The van der Waals surface area contributed by atoms with E-state index in [9.17, 15) is 4.79 Å². The molecule has 11 heavy (non-hydrogen) atoms. The van der Waals surface area contributed by atoms with Crippen molar-refractivity contribution in [3.63, 3.8) is 0 Å². The molecule has 1 fully saturated rings. The molecule has 0 aromatic rings. The molecule has 0 spiro atoms. The minimum atomic E-state index is -1.64. The molecule has 1 aliphatic heterocycles. The van der Waals surface area contributed by atoms with Gasteiger partial charge in [-0.3, -0.25) is 5.32 Å². The van der Waals surface area contributed by atoms with Gasteiger partial charge >= 0.3 is 23.0 Å². The number of hydrogen-bond acceptors (Lipinski definition) is 3. The predicted octanol–water partition coefficient (Wildman–Crippen LogP) is -3.86. The van der Waals surface area contributed by atoms with Gasteiger partial charge in [-0.2, -0.15) is 0 Å². The normalized spacial score (nSPS) is 28.5. The van der Waals surface area contributed by atoms with E-state index in [-0.39, 0.29) is 41.0 Å². The first-order chi connectivity index (χ1) is 4.15. The summed E-state index contributed by atoms with van der Waals surface area (Å²) in [6.45, 7) is 0.586. The van der Waals surface area contributed by atoms with Gasteiger partial charge in [0, 0.05) is 6.42 Å². The largest absolute Gasteiger partial charge is 1.00 e. The number of hydrogen-bond donors (Lipinski definition) is 3. The predicted molar refractivity (Wildman–Crippen MR) is 29.8 cm³/mol. The molecule has 3 N–H and O–H groups in total. The standard InChI is InChI=1S/C5H9NO3.Cu.HI/c7-4(8)5(9)2-1-3-6-5;;/h6,9H,1-3H2,(H,7,8);;1H/q;+1;/p-1/t5-;;/m1../s1. The monoisotopic (exact) mass is 321 g/mol. The Kier molecular flexibility index (Phi) is 6.85. The van der Waals surface area contributed by atoms with E-state index in [1.807, 2.05) is 0 Å². The Morgan fingerprint density at radius 2 is 2.09 bits per heavy atom. The fourth-order valence-electron chi connectivity index (χ4n) is 0.910. The maximum atomic E-state index is 10.2. The van der Waals surface area contributed by atoms with Crippen LogP contribution < -0.4 is 29.3 Å². The van der Waals surface area contributed by atoms with Crippen molar-refractivity contribution in [2.45, 2.75) is 18.6 Å². The second kappa shape index (κ2) is 5.31. The van der Waals surface area contributed by atoms with Crippen LogP contribution in [0.4, 0.5) is 0 Å². The third kappa shape index (κ3) is 3.25. The smallest absolute Gasteiger partial charge is 1.00 e. The molecular formula is C5H9CuINO3. The number of nitrogens with one attached hydrogen (secondary N) is 1. The van der Waals surface area contributed by atoms with Crippen molar-refractivity contribution in [2.24, 2.45) is 0 Å². The van der Waals surface area contributed by atoms with Crippen molar-refractivity contribution < 1.29 is 56.1 Å². The fourth-order valence-corrected chi connectivity index (χ4v) is 0.910. The number of carboxylic acid groups (broad SMARTS) is 1. The van der Waals surface area contributed by atoms with E-state index in [1.165, 1.54) is 0 Å². The minimum Gasteiger partial charge on any atom is -1.00 e. The van der Waals surface area contributed by atoms with E-state index >= 15 is 0 Å². The van der Waals surface area contributed by atoms with Crippen molar-refractivity contribution in [3.8, 4) is 0 Å². The van der Waals surface area contributed by atoms with Crippen LogP contribution in [0.3, 0.4) is 0 Å². The minimum absolute atomic E-state index is 0. The Hall–Kier alpha value is 0.639.